The molecule has 2 aromatic rings. The van der Waals surface area contributed by atoms with Gasteiger partial charge in [0, 0.05) is 37.5 Å². The Labute approximate surface area is 178 Å². The van der Waals surface area contributed by atoms with E-state index in [0.717, 1.165) is 68.2 Å². The summed E-state index contributed by atoms with van der Waals surface area (Å²) in [7, 11) is 3.35. The van der Waals surface area contributed by atoms with E-state index in [1.165, 1.54) is 0 Å². The minimum atomic E-state index is 0.0933. The molecule has 3 heterocycles. The number of piperidine rings is 1. The van der Waals surface area contributed by atoms with E-state index >= 15 is 0 Å². The topological polar surface area (TPSA) is 54.9 Å². The van der Waals surface area contributed by atoms with Crippen molar-refractivity contribution >= 4 is 11.7 Å². The number of nitrogens with zero attached hydrogens (tertiary/aromatic N) is 3. The summed E-state index contributed by atoms with van der Waals surface area (Å²) in [5.74, 6) is 3.32. The minimum absolute atomic E-state index is 0.0933. The first kappa shape index (κ1) is 20.5. The smallest absolute Gasteiger partial charge is 0.255 e. The molecule has 1 aromatic heterocycles. The van der Waals surface area contributed by atoms with Gasteiger partial charge in [-0.15, -0.1) is 0 Å². The van der Waals surface area contributed by atoms with Crippen LogP contribution in [0.5, 0.6) is 11.5 Å². The third-order valence-corrected chi connectivity index (χ3v) is 6.41. The number of benzene rings is 1. The lowest BCUT2D eigenvalue weighted by atomic mass is 9.99. The summed E-state index contributed by atoms with van der Waals surface area (Å²) in [6.45, 7) is 4.87. The molecule has 0 aliphatic carbocycles. The van der Waals surface area contributed by atoms with E-state index in [-0.39, 0.29) is 11.9 Å². The highest BCUT2D eigenvalue weighted by atomic mass is 16.5. The number of methoxy groups -OCH3 is 2. The van der Waals surface area contributed by atoms with E-state index in [4.69, 9.17) is 9.47 Å². The molecule has 0 bridgehead atoms. The van der Waals surface area contributed by atoms with Gasteiger partial charge in [-0.3, -0.25) is 4.79 Å². The zero-order chi connectivity index (χ0) is 21.1. The molecule has 6 nitrogen and oxygen atoms in total. The van der Waals surface area contributed by atoms with Gasteiger partial charge in [-0.05, 0) is 55.9 Å². The van der Waals surface area contributed by atoms with Crippen LogP contribution in [-0.2, 0) is 0 Å². The van der Waals surface area contributed by atoms with Gasteiger partial charge < -0.3 is 19.3 Å². The van der Waals surface area contributed by atoms with Crippen molar-refractivity contribution in [3.63, 3.8) is 0 Å². The predicted molar refractivity (Wildman–Crippen MR) is 117 cm³/mol. The third kappa shape index (κ3) is 4.09. The van der Waals surface area contributed by atoms with Crippen molar-refractivity contribution < 1.29 is 14.3 Å². The number of pyridine rings is 1. The number of amides is 1. The van der Waals surface area contributed by atoms with Crippen LogP contribution in [-0.4, -0.2) is 49.6 Å². The first-order valence-corrected chi connectivity index (χ1v) is 10.8. The van der Waals surface area contributed by atoms with Crippen molar-refractivity contribution in [2.75, 3.05) is 38.8 Å². The monoisotopic (exact) mass is 409 g/mol. The van der Waals surface area contributed by atoms with Crippen molar-refractivity contribution in [3.05, 3.63) is 47.7 Å². The molecule has 160 valence electrons. The number of carbonyl (C=O) groups is 1. The van der Waals surface area contributed by atoms with Gasteiger partial charge in [0.25, 0.3) is 5.91 Å². The first-order chi connectivity index (χ1) is 14.6. The molecule has 0 N–H and O–H groups in total. The van der Waals surface area contributed by atoms with Crippen molar-refractivity contribution in [3.8, 4) is 11.5 Å². The highest BCUT2D eigenvalue weighted by molar-refractivity contribution is 5.94. The number of ether oxygens (including phenoxy) is 2. The summed E-state index contributed by atoms with van der Waals surface area (Å²) in [4.78, 5) is 21.7. The van der Waals surface area contributed by atoms with Gasteiger partial charge in [-0.25, -0.2) is 4.98 Å². The van der Waals surface area contributed by atoms with Crippen LogP contribution < -0.4 is 14.4 Å². The van der Waals surface area contributed by atoms with E-state index in [2.05, 4.69) is 22.9 Å². The molecule has 2 saturated heterocycles. The molecule has 4 rings (SSSR count). The standard InChI is InChI=1S/C24H31N3O3/c1-17-10-13-26(14-11-17)24(28)18-6-9-23(25-16-18)27-12-4-5-21(27)20-8-7-19(29-2)15-22(20)30-3/h6-9,15-17,21H,4-5,10-14H2,1-3H3. The Morgan fingerprint density at radius 2 is 1.83 bits per heavy atom. The van der Waals surface area contributed by atoms with Crippen LogP contribution in [0.2, 0.25) is 0 Å². The molecule has 2 aliphatic heterocycles. The minimum Gasteiger partial charge on any atom is -0.497 e. The number of hydrogen-bond acceptors (Lipinski definition) is 5. The fraction of sp³-hybridized carbons (Fsp3) is 0.500. The second-order valence-corrected chi connectivity index (χ2v) is 8.34. The molecular formula is C24H31N3O3. The molecule has 2 aliphatic rings. The summed E-state index contributed by atoms with van der Waals surface area (Å²) >= 11 is 0. The summed E-state index contributed by atoms with van der Waals surface area (Å²) in [5, 5.41) is 0. The van der Waals surface area contributed by atoms with Crippen LogP contribution in [0, 0.1) is 5.92 Å². The summed E-state index contributed by atoms with van der Waals surface area (Å²) in [6.07, 6.45) is 6.02. The summed E-state index contributed by atoms with van der Waals surface area (Å²) in [5.41, 5.74) is 1.81. The number of carbonyl (C=O) groups excluding carboxylic acids is 1. The molecule has 1 amide bonds. The van der Waals surface area contributed by atoms with Crippen molar-refractivity contribution in [1.82, 2.24) is 9.88 Å². The SMILES string of the molecule is COc1ccc(C2CCCN2c2ccc(C(=O)N3CCC(C)CC3)cn2)c(OC)c1. The molecule has 2 fully saturated rings. The van der Waals surface area contributed by atoms with Crippen LogP contribution in [0.15, 0.2) is 36.5 Å². The quantitative estimate of drug-likeness (QED) is 0.736. The molecular weight excluding hydrogens is 378 g/mol. The summed E-state index contributed by atoms with van der Waals surface area (Å²) in [6, 6.07) is 10.1. The molecule has 1 unspecified atom stereocenters. The van der Waals surface area contributed by atoms with Crippen LogP contribution in [0.3, 0.4) is 0 Å². The van der Waals surface area contributed by atoms with Crippen LogP contribution >= 0.6 is 0 Å². The van der Waals surface area contributed by atoms with Gasteiger partial charge in [0.05, 0.1) is 25.8 Å². The molecule has 6 heteroatoms. The van der Waals surface area contributed by atoms with E-state index in [1.807, 2.05) is 29.2 Å². The van der Waals surface area contributed by atoms with E-state index in [9.17, 15) is 4.79 Å². The Morgan fingerprint density at radius 1 is 1.03 bits per heavy atom. The Kier molecular flexibility index (Phi) is 6.11. The fourth-order valence-electron chi connectivity index (χ4n) is 4.53. The third-order valence-electron chi connectivity index (χ3n) is 6.41. The van der Waals surface area contributed by atoms with Crippen LogP contribution in [0.25, 0.3) is 0 Å². The highest BCUT2D eigenvalue weighted by Crippen LogP contribution is 2.40. The van der Waals surface area contributed by atoms with E-state index in [1.54, 1.807) is 20.4 Å². The fourth-order valence-corrected chi connectivity index (χ4v) is 4.53. The lowest BCUT2D eigenvalue weighted by Gasteiger charge is -2.30. The number of rotatable bonds is 5. The maximum atomic E-state index is 12.8. The van der Waals surface area contributed by atoms with Gasteiger partial charge in [-0.2, -0.15) is 0 Å². The van der Waals surface area contributed by atoms with E-state index < -0.39 is 0 Å². The second-order valence-electron chi connectivity index (χ2n) is 8.34. The Balaban J connectivity index is 1.52. The van der Waals surface area contributed by atoms with Crippen LogP contribution in [0.4, 0.5) is 5.82 Å². The molecule has 0 saturated carbocycles. The van der Waals surface area contributed by atoms with Gasteiger partial charge in [0.1, 0.15) is 17.3 Å². The lowest BCUT2D eigenvalue weighted by molar-refractivity contribution is 0.0697. The van der Waals surface area contributed by atoms with Gasteiger partial charge >= 0.3 is 0 Å². The predicted octanol–water partition coefficient (Wildman–Crippen LogP) is 4.31. The summed E-state index contributed by atoms with van der Waals surface area (Å²) < 4.78 is 11.0. The van der Waals surface area contributed by atoms with Gasteiger partial charge in [0.15, 0.2) is 0 Å². The van der Waals surface area contributed by atoms with Crippen molar-refractivity contribution in [2.45, 2.75) is 38.6 Å². The average molecular weight is 410 g/mol. The van der Waals surface area contributed by atoms with E-state index in [0.29, 0.717) is 11.5 Å². The molecule has 1 atom stereocenters. The number of aromatic nitrogens is 1. The average Bonchev–Trinajstić information content (AvgIpc) is 3.28. The molecule has 1 aromatic carbocycles. The second kappa shape index (κ2) is 8.94. The molecule has 30 heavy (non-hydrogen) atoms. The number of hydrogen-bond donors (Lipinski definition) is 0. The van der Waals surface area contributed by atoms with Crippen molar-refractivity contribution in [1.29, 1.82) is 0 Å². The lowest BCUT2D eigenvalue weighted by Crippen LogP contribution is -2.38. The maximum absolute atomic E-state index is 12.8. The Hall–Kier alpha value is -2.76. The Bertz CT molecular complexity index is 876. The number of likely N-dealkylation sites (tertiary alicyclic amines) is 1. The zero-order valence-electron chi connectivity index (χ0n) is 18.1. The molecule has 0 spiro atoms. The Morgan fingerprint density at radius 3 is 2.50 bits per heavy atom. The largest absolute Gasteiger partial charge is 0.497 e. The first-order valence-electron chi connectivity index (χ1n) is 10.8. The molecule has 0 radical (unpaired) electrons. The van der Waals surface area contributed by atoms with Crippen LogP contribution in [0.1, 0.15) is 54.6 Å². The van der Waals surface area contributed by atoms with Crippen molar-refractivity contribution in [2.24, 2.45) is 5.92 Å². The maximum Gasteiger partial charge on any atom is 0.255 e. The number of anilines is 1. The van der Waals surface area contributed by atoms with Gasteiger partial charge in [0.2, 0.25) is 0 Å². The normalized spacial score (nSPS) is 19.8. The van der Waals surface area contributed by atoms with Gasteiger partial charge in [-0.1, -0.05) is 6.92 Å². The zero-order valence-corrected chi connectivity index (χ0v) is 18.1. The highest BCUT2D eigenvalue weighted by Gasteiger charge is 2.30.